The van der Waals surface area contributed by atoms with E-state index in [4.69, 9.17) is 10.6 Å². The first kappa shape index (κ1) is 15.7. The number of nitrogens with one attached hydrogen (secondary N) is 1. The molecule has 3 atom stereocenters. The minimum Gasteiger partial charge on any atom is -0.364 e. The lowest BCUT2D eigenvalue weighted by Crippen LogP contribution is -2.51. The SMILES string of the molecule is CCC(C)N1CCN(CC2CCC(C(=O)NN)O2)CC1. The first-order chi connectivity index (χ1) is 9.63. The molecule has 6 nitrogen and oxygen atoms in total. The average Bonchev–Trinajstić information content (AvgIpc) is 2.95. The second kappa shape index (κ2) is 7.36. The first-order valence-corrected chi connectivity index (χ1v) is 7.76. The van der Waals surface area contributed by atoms with Crippen molar-refractivity contribution in [3.05, 3.63) is 0 Å². The van der Waals surface area contributed by atoms with Crippen LogP contribution in [-0.2, 0) is 9.53 Å². The van der Waals surface area contributed by atoms with E-state index in [1.807, 2.05) is 0 Å². The predicted molar refractivity (Wildman–Crippen MR) is 78.0 cm³/mol. The van der Waals surface area contributed by atoms with E-state index in [9.17, 15) is 4.79 Å². The molecule has 0 aromatic rings. The van der Waals surface area contributed by atoms with Gasteiger partial charge in [-0.1, -0.05) is 6.92 Å². The minimum absolute atomic E-state index is 0.174. The van der Waals surface area contributed by atoms with Crippen LogP contribution in [0, 0.1) is 0 Å². The molecule has 0 aromatic heterocycles. The monoisotopic (exact) mass is 284 g/mol. The Bertz CT molecular complexity index is 318. The second-order valence-electron chi connectivity index (χ2n) is 5.93. The van der Waals surface area contributed by atoms with Crippen molar-refractivity contribution >= 4 is 5.91 Å². The van der Waals surface area contributed by atoms with Crippen molar-refractivity contribution in [2.75, 3.05) is 32.7 Å². The lowest BCUT2D eigenvalue weighted by molar-refractivity contribution is -0.132. The largest absolute Gasteiger partial charge is 0.364 e. The van der Waals surface area contributed by atoms with E-state index >= 15 is 0 Å². The number of nitrogens with two attached hydrogens (primary N) is 1. The van der Waals surface area contributed by atoms with Gasteiger partial charge in [-0.2, -0.15) is 0 Å². The molecule has 3 unspecified atom stereocenters. The summed E-state index contributed by atoms with van der Waals surface area (Å²) in [4.78, 5) is 16.4. The Hall–Kier alpha value is -0.690. The van der Waals surface area contributed by atoms with Crippen LogP contribution in [0.15, 0.2) is 0 Å². The number of rotatable bonds is 5. The predicted octanol–water partition coefficient (Wildman–Crippen LogP) is -0.0600. The third kappa shape index (κ3) is 3.91. The van der Waals surface area contributed by atoms with Gasteiger partial charge in [-0.25, -0.2) is 5.84 Å². The molecule has 116 valence electrons. The summed E-state index contributed by atoms with van der Waals surface area (Å²) >= 11 is 0. The van der Waals surface area contributed by atoms with Crippen LogP contribution >= 0.6 is 0 Å². The van der Waals surface area contributed by atoms with E-state index in [0.717, 1.165) is 45.6 Å². The zero-order valence-corrected chi connectivity index (χ0v) is 12.7. The van der Waals surface area contributed by atoms with E-state index in [1.54, 1.807) is 0 Å². The van der Waals surface area contributed by atoms with Gasteiger partial charge in [0.2, 0.25) is 0 Å². The van der Waals surface area contributed by atoms with Gasteiger partial charge in [0.1, 0.15) is 6.10 Å². The standard InChI is InChI=1S/C14H28N4O2/c1-3-11(2)18-8-6-17(7-9-18)10-12-4-5-13(20-12)14(19)16-15/h11-13H,3-10,15H2,1-2H3,(H,16,19). The lowest BCUT2D eigenvalue weighted by Gasteiger charge is -2.38. The maximum atomic E-state index is 11.4. The molecule has 1 amide bonds. The number of nitrogens with zero attached hydrogens (tertiary/aromatic N) is 2. The molecule has 0 saturated carbocycles. The molecule has 2 rings (SSSR count). The van der Waals surface area contributed by atoms with Gasteiger partial charge in [-0.3, -0.25) is 20.0 Å². The summed E-state index contributed by atoms with van der Waals surface area (Å²) in [5, 5.41) is 0. The summed E-state index contributed by atoms with van der Waals surface area (Å²) in [6.45, 7) is 9.93. The molecule has 3 N–H and O–H groups in total. The maximum Gasteiger partial charge on any atom is 0.263 e. The number of amides is 1. The van der Waals surface area contributed by atoms with Gasteiger partial charge >= 0.3 is 0 Å². The second-order valence-corrected chi connectivity index (χ2v) is 5.93. The number of hydrazine groups is 1. The fraction of sp³-hybridized carbons (Fsp3) is 0.929. The molecule has 2 aliphatic rings. The van der Waals surface area contributed by atoms with Crippen molar-refractivity contribution in [3.8, 4) is 0 Å². The third-order valence-corrected chi connectivity index (χ3v) is 4.63. The third-order valence-electron chi connectivity index (χ3n) is 4.63. The van der Waals surface area contributed by atoms with Gasteiger partial charge in [0.25, 0.3) is 5.91 Å². The van der Waals surface area contributed by atoms with Crippen molar-refractivity contribution in [2.45, 2.75) is 51.4 Å². The van der Waals surface area contributed by atoms with Crippen molar-refractivity contribution < 1.29 is 9.53 Å². The van der Waals surface area contributed by atoms with E-state index in [1.165, 1.54) is 6.42 Å². The van der Waals surface area contributed by atoms with Gasteiger partial charge in [-0.15, -0.1) is 0 Å². The molecule has 0 aliphatic carbocycles. The van der Waals surface area contributed by atoms with Crippen LogP contribution in [0.25, 0.3) is 0 Å². The summed E-state index contributed by atoms with van der Waals surface area (Å²) in [5.74, 6) is 4.94. The fourth-order valence-electron chi connectivity index (χ4n) is 3.06. The normalized spacial score (nSPS) is 30.4. The quantitative estimate of drug-likeness (QED) is 0.420. The summed E-state index contributed by atoms with van der Waals surface area (Å²) in [7, 11) is 0. The number of carbonyl (C=O) groups is 1. The van der Waals surface area contributed by atoms with Crippen LogP contribution in [0.3, 0.4) is 0 Å². The Balaban J connectivity index is 1.70. The Morgan fingerprint density at radius 2 is 2.05 bits per heavy atom. The lowest BCUT2D eigenvalue weighted by atomic mass is 10.1. The molecule has 6 heteroatoms. The van der Waals surface area contributed by atoms with Crippen LogP contribution in [0.1, 0.15) is 33.1 Å². The Morgan fingerprint density at radius 3 is 2.65 bits per heavy atom. The summed E-state index contributed by atoms with van der Waals surface area (Å²) in [6, 6.07) is 0.678. The Labute approximate surface area is 121 Å². The smallest absolute Gasteiger partial charge is 0.263 e. The van der Waals surface area contributed by atoms with Crippen LogP contribution in [0.4, 0.5) is 0 Å². The average molecular weight is 284 g/mol. The zero-order chi connectivity index (χ0) is 14.5. The number of hydrogen-bond acceptors (Lipinski definition) is 5. The molecule has 20 heavy (non-hydrogen) atoms. The van der Waals surface area contributed by atoms with Gasteiger partial charge in [0.15, 0.2) is 0 Å². The van der Waals surface area contributed by atoms with Gasteiger partial charge in [0, 0.05) is 38.8 Å². The summed E-state index contributed by atoms with van der Waals surface area (Å²) in [6.07, 6.45) is 2.75. The van der Waals surface area contributed by atoms with Gasteiger partial charge < -0.3 is 4.74 Å². The molecule has 0 radical (unpaired) electrons. The number of carbonyl (C=O) groups excluding carboxylic acids is 1. The fourth-order valence-corrected chi connectivity index (χ4v) is 3.06. The highest BCUT2D eigenvalue weighted by Crippen LogP contribution is 2.21. The van der Waals surface area contributed by atoms with Crippen LogP contribution in [0.2, 0.25) is 0 Å². The molecular formula is C14H28N4O2. The molecular weight excluding hydrogens is 256 g/mol. The molecule has 2 heterocycles. The van der Waals surface area contributed by atoms with E-state index < -0.39 is 0 Å². The minimum atomic E-state index is -0.355. The molecule has 0 bridgehead atoms. The Morgan fingerprint density at radius 1 is 1.35 bits per heavy atom. The molecule has 2 fully saturated rings. The maximum absolute atomic E-state index is 11.4. The zero-order valence-electron chi connectivity index (χ0n) is 12.7. The molecule has 2 saturated heterocycles. The summed E-state index contributed by atoms with van der Waals surface area (Å²) < 4.78 is 5.76. The molecule has 2 aliphatic heterocycles. The van der Waals surface area contributed by atoms with E-state index in [-0.39, 0.29) is 18.1 Å². The number of hydrogen-bond donors (Lipinski definition) is 2. The highest BCUT2D eigenvalue weighted by molar-refractivity contribution is 5.80. The topological polar surface area (TPSA) is 70.8 Å². The highest BCUT2D eigenvalue weighted by atomic mass is 16.5. The molecule has 0 aromatic carbocycles. The molecule has 0 spiro atoms. The van der Waals surface area contributed by atoms with Crippen molar-refractivity contribution in [2.24, 2.45) is 5.84 Å². The van der Waals surface area contributed by atoms with Gasteiger partial charge in [-0.05, 0) is 26.2 Å². The van der Waals surface area contributed by atoms with Crippen LogP contribution in [-0.4, -0.2) is 66.7 Å². The van der Waals surface area contributed by atoms with E-state index in [0.29, 0.717) is 6.04 Å². The number of ether oxygens (including phenoxy) is 1. The van der Waals surface area contributed by atoms with Crippen molar-refractivity contribution in [3.63, 3.8) is 0 Å². The van der Waals surface area contributed by atoms with E-state index in [2.05, 4.69) is 29.1 Å². The first-order valence-electron chi connectivity index (χ1n) is 7.76. The van der Waals surface area contributed by atoms with Crippen LogP contribution in [0.5, 0.6) is 0 Å². The van der Waals surface area contributed by atoms with Crippen LogP contribution < -0.4 is 11.3 Å². The van der Waals surface area contributed by atoms with Crippen molar-refractivity contribution in [1.82, 2.24) is 15.2 Å². The number of piperazine rings is 1. The summed E-state index contributed by atoms with van der Waals surface area (Å²) in [5.41, 5.74) is 2.17. The van der Waals surface area contributed by atoms with Gasteiger partial charge in [0.05, 0.1) is 6.10 Å². The van der Waals surface area contributed by atoms with Crippen molar-refractivity contribution in [1.29, 1.82) is 0 Å². The Kier molecular flexibility index (Phi) is 5.77. The highest BCUT2D eigenvalue weighted by Gasteiger charge is 2.32.